The molecule has 19 heavy (non-hydrogen) atoms. The number of ether oxygens (including phenoxy) is 1. The summed E-state index contributed by atoms with van der Waals surface area (Å²) in [4.78, 5) is 10.9. The third-order valence-corrected chi connectivity index (χ3v) is 4.12. The van der Waals surface area contributed by atoms with Crippen molar-refractivity contribution in [3.63, 3.8) is 0 Å². The van der Waals surface area contributed by atoms with Crippen molar-refractivity contribution >= 4 is 27.6 Å². The molecule has 1 N–H and O–H groups in total. The van der Waals surface area contributed by atoms with Crippen LogP contribution in [0.25, 0.3) is 0 Å². The van der Waals surface area contributed by atoms with Crippen molar-refractivity contribution in [3.05, 3.63) is 10.8 Å². The van der Waals surface area contributed by atoms with Crippen LogP contribution in [0.1, 0.15) is 26.2 Å². The van der Waals surface area contributed by atoms with E-state index < -0.39 is 0 Å². The van der Waals surface area contributed by atoms with E-state index in [1.54, 1.807) is 6.33 Å². The molecule has 1 fully saturated rings. The van der Waals surface area contributed by atoms with E-state index >= 15 is 0 Å². The SMILES string of the molecule is CCCNc1ncnc(N(C)C2CCOCC2)c1Br. The van der Waals surface area contributed by atoms with E-state index in [4.69, 9.17) is 4.74 Å². The number of hydrogen-bond acceptors (Lipinski definition) is 5. The number of anilines is 2. The molecule has 6 heteroatoms. The summed E-state index contributed by atoms with van der Waals surface area (Å²) in [5, 5.41) is 3.31. The highest BCUT2D eigenvalue weighted by molar-refractivity contribution is 9.10. The lowest BCUT2D eigenvalue weighted by Crippen LogP contribution is -2.37. The second-order valence-electron chi connectivity index (χ2n) is 4.74. The van der Waals surface area contributed by atoms with Gasteiger partial charge in [0.15, 0.2) is 0 Å². The van der Waals surface area contributed by atoms with Crippen LogP contribution in [0.3, 0.4) is 0 Å². The maximum absolute atomic E-state index is 5.41. The van der Waals surface area contributed by atoms with Crippen molar-refractivity contribution in [2.75, 3.05) is 37.0 Å². The molecule has 0 saturated carbocycles. The first-order valence-electron chi connectivity index (χ1n) is 6.79. The molecule has 2 rings (SSSR count). The molecule has 106 valence electrons. The van der Waals surface area contributed by atoms with Gasteiger partial charge in [-0.1, -0.05) is 6.92 Å². The van der Waals surface area contributed by atoms with Crippen LogP contribution >= 0.6 is 15.9 Å². The van der Waals surface area contributed by atoms with Gasteiger partial charge in [-0.2, -0.15) is 0 Å². The first-order valence-corrected chi connectivity index (χ1v) is 7.58. The quantitative estimate of drug-likeness (QED) is 0.900. The molecule has 0 aromatic carbocycles. The molecule has 0 amide bonds. The fourth-order valence-electron chi connectivity index (χ4n) is 2.22. The van der Waals surface area contributed by atoms with Gasteiger partial charge in [-0.3, -0.25) is 0 Å². The average molecular weight is 329 g/mol. The molecule has 5 nitrogen and oxygen atoms in total. The molecule has 1 aromatic heterocycles. The molecule has 0 atom stereocenters. The van der Waals surface area contributed by atoms with Crippen LogP contribution in [-0.2, 0) is 4.74 Å². The zero-order valence-electron chi connectivity index (χ0n) is 11.5. The van der Waals surface area contributed by atoms with Gasteiger partial charge in [-0.15, -0.1) is 0 Å². The Hall–Kier alpha value is -0.880. The lowest BCUT2D eigenvalue weighted by atomic mass is 10.1. The van der Waals surface area contributed by atoms with Crippen molar-refractivity contribution in [2.45, 2.75) is 32.2 Å². The first-order chi connectivity index (χ1) is 9.24. The van der Waals surface area contributed by atoms with E-state index in [0.29, 0.717) is 6.04 Å². The molecule has 1 aromatic rings. The summed E-state index contributed by atoms with van der Waals surface area (Å²) in [7, 11) is 2.09. The van der Waals surface area contributed by atoms with Crippen LogP contribution < -0.4 is 10.2 Å². The Labute approximate surface area is 122 Å². The topological polar surface area (TPSA) is 50.3 Å². The highest BCUT2D eigenvalue weighted by atomic mass is 79.9. The van der Waals surface area contributed by atoms with Gasteiger partial charge >= 0.3 is 0 Å². The van der Waals surface area contributed by atoms with Gasteiger partial charge in [0.1, 0.15) is 22.4 Å². The minimum atomic E-state index is 0.485. The predicted molar refractivity (Wildman–Crippen MR) is 80.8 cm³/mol. The Kier molecular flexibility index (Phi) is 5.39. The second-order valence-corrected chi connectivity index (χ2v) is 5.53. The molecule has 1 aliphatic heterocycles. The molecule has 0 spiro atoms. The van der Waals surface area contributed by atoms with Crippen LogP contribution in [0, 0.1) is 0 Å². The van der Waals surface area contributed by atoms with Gasteiger partial charge < -0.3 is 15.0 Å². The van der Waals surface area contributed by atoms with Crippen molar-refractivity contribution in [1.29, 1.82) is 0 Å². The van der Waals surface area contributed by atoms with Crippen molar-refractivity contribution in [3.8, 4) is 0 Å². The number of nitrogens with one attached hydrogen (secondary N) is 1. The van der Waals surface area contributed by atoms with Crippen LogP contribution in [0.2, 0.25) is 0 Å². The van der Waals surface area contributed by atoms with E-state index in [1.165, 1.54) is 0 Å². The lowest BCUT2D eigenvalue weighted by Gasteiger charge is -2.32. The summed E-state index contributed by atoms with van der Waals surface area (Å²) in [6, 6.07) is 0.485. The number of halogens is 1. The molecule has 0 unspecified atom stereocenters. The monoisotopic (exact) mass is 328 g/mol. The maximum atomic E-state index is 5.41. The Morgan fingerprint density at radius 2 is 2.16 bits per heavy atom. The van der Waals surface area contributed by atoms with E-state index in [2.05, 4.69) is 50.1 Å². The number of nitrogens with zero attached hydrogens (tertiary/aromatic N) is 3. The molecule has 1 aliphatic rings. The fourth-order valence-corrected chi connectivity index (χ4v) is 2.84. The number of rotatable bonds is 5. The normalized spacial score (nSPS) is 16.4. The predicted octanol–water partition coefficient (Wildman–Crippen LogP) is 2.68. The standard InChI is InChI=1S/C13H21BrN4O/c1-3-6-15-12-11(14)13(17-9-16-12)18(2)10-4-7-19-8-5-10/h9-10H,3-8H2,1-2H3,(H,15,16,17). The van der Waals surface area contributed by atoms with Gasteiger partial charge in [0.2, 0.25) is 0 Å². The van der Waals surface area contributed by atoms with Gasteiger partial charge in [0.25, 0.3) is 0 Å². The Morgan fingerprint density at radius 1 is 1.42 bits per heavy atom. The second kappa shape index (κ2) is 7.05. The average Bonchev–Trinajstić information content (AvgIpc) is 2.46. The zero-order valence-corrected chi connectivity index (χ0v) is 13.1. The molecular formula is C13H21BrN4O. The van der Waals surface area contributed by atoms with E-state index in [1.807, 2.05) is 0 Å². The summed E-state index contributed by atoms with van der Waals surface area (Å²) in [6.45, 7) is 4.71. The summed E-state index contributed by atoms with van der Waals surface area (Å²) in [5.41, 5.74) is 0. The van der Waals surface area contributed by atoms with Crippen LogP contribution in [0.15, 0.2) is 10.8 Å². The van der Waals surface area contributed by atoms with Gasteiger partial charge in [0, 0.05) is 32.8 Å². The molecular weight excluding hydrogens is 308 g/mol. The third kappa shape index (κ3) is 3.57. The summed E-state index contributed by atoms with van der Waals surface area (Å²) >= 11 is 3.62. The highest BCUT2D eigenvalue weighted by Crippen LogP contribution is 2.31. The number of hydrogen-bond donors (Lipinski definition) is 1. The highest BCUT2D eigenvalue weighted by Gasteiger charge is 2.22. The number of aromatic nitrogens is 2. The fraction of sp³-hybridized carbons (Fsp3) is 0.692. The van der Waals surface area contributed by atoms with E-state index in [-0.39, 0.29) is 0 Å². The molecule has 0 radical (unpaired) electrons. The maximum Gasteiger partial charge on any atom is 0.148 e. The van der Waals surface area contributed by atoms with E-state index in [9.17, 15) is 0 Å². The van der Waals surface area contributed by atoms with Crippen LogP contribution in [-0.4, -0.2) is 42.8 Å². The lowest BCUT2D eigenvalue weighted by molar-refractivity contribution is 0.0853. The van der Waals surface area contributed by atoms with Gasteiger partial charge in [-0.25, -0.2) is 9.97 Å². The largest absolute Gasteiger partial charge is 0.381 e. The smallest absolute Gasteiger partial charge is 0.148 e. The Morgan fingerprint density at radius 3 is 2.84 bits per heavy atom. The summed E-state index contributed by atoms with van der Waals surface area (Å²) in [6.07, 6.45) is 4.78. The Balaban J connectivity index is 2.14. The van der Waals surface area contributed by atoms with Gasteiger partial charge in [0.05, 0.1) is 0 Å². The molecule has 1 saturated heterocycles. The van der Waals surface area contributed by atoms with Crippen LogP contribution in [0.5, 0.6) is 0 Å². The first kappa shape index (κ1) is 14.5. The van der Waals surface area contributed by atoms with Crippen LogP contribution in [0.4, 0.5) is 11.6 Å². The zero-order chi connectivity index (χ0) is 13.7. The van der Waals surface area contributed by atoms with Crippen molar-refractivity contribution in [2.24, 2.45) is 0 Å². The molecule has 0 bridgehead atoms. The van der Waals surface area contributed by atoms with Crippen molar-refractivity contribution < 1.29 is 4.74 Å². The molecule has 0 aliphatic carbocycles. The van der Waals surface area contributed by atoms with E-state index in [0.717, 1.165) is 55.1 Å². The Bertz CT molecular complexity index is 410. The third-order valence-electron chi connectivity index (χ3n) is 3.39. The van der Waals surface area contributed by atoms with Crippen molar-refractivity contribution in [1.82, 2.24) is 9.97 Å². The minimum absolute atomic E-state index is 0.485. The minimum Gasteiger partial charge on any atom is -0.381 e. The summed E-state index contributed by atoms with van der Waals surface area (Å²) < 4.78 is 6.35. The molecule has 2 heterocycles. The van der Waals surface area contributed by atoms with Gasteiger partial charge in [-0.05, 0) is 35.2 Å². The summed E-state index contributed by atoms with van der Waals surface area (Å²) in [5.74, 6) is 1.81.